The molecule has 1 aliphatic carbocycles. The number of nitrogens with zero attached hydrogens (tertiary/aromatic N) is 1. The lowest BCUT2D eigenvalue weighted by Gasteiger charge is -2.29. The third-order valence-electron chi connectivity index (χ3n) is 3.70. The van der Waals surface area contributed by atoms with Gasteiger partial charge in [0.05, 0.1) is 0 Å². The van der Waals surface area contributed by atoms with Crippen LogP contribution < -0.4 is 0 Å². The number of Topliss-reactive ketones (excluding diaryl/α,β-unsaturated/α-hetero) is 1. The van der Waals surface area contributed by atoms with Gasteiger partial charge in [-0.25, -0.2) is 0 Å². The summed E-state index contributed by atoms with van der Waals surface area (Å²) in [4.78, 5) is 16.4. The summed E-state index contributed by atoms with van der Waals surface area (Å²) in [5.74, 6) is 0.605. The van der Waals surface area contributed by atoms with E-state index in [0.717, 1.165) is 17.7 Å². The lowest BCUT2D eigenvalue weighted by atomic mass is 9.74. The van der Waals surface area contributed by atoms with Crippen molar-refractivity contribution in [2.45, 2.75) is 25.7 Å². The zero-order valence-corrected chi connectivity index (χ0v) is 10.4. The average Bonchev–Trinajstić information content (AvgIpc) is 2.36. The molecular formula is C16H15NO. The number of pyridine rings is 1. The van der Waals surface area contributed by atoms with Crippen LogP contribution in [0.25, 0.3) is 0 Å². The van der Waals surface area contributed by atoms with Crippen LogP contribution >= 0.6 is 0 Å². The first kappa shape index (κ1) is 11.1. The van der Waals surface area contributed by atoms with E-state index in [1.165, 1.54) is 11.1 Å². The van der Waals surface area contributed by atoms with Crippen LogP contribution in [0.1, 0.15) is 39.5 Å². The Morgan fingerprint density at radius 2 is 2.11 bits per heavy atom. The fourth-order valence-corrected chi connectivity index (χ4v) is 2.66. The van der Waals surface area contributed by atoms with E-state index in [1.54, 1.807) is 6.20 Å². The van der Waals surface area contributed by atoms with Crippen LogP contribution in [0.4, 0.5) is 0 Å². The van der Waals surface area contributed by atoms with E-state index >= 15 is 0 Å². The molecule has 0 spiro atoms. The minimum atomic E-state index is 0.208. The minimum absolute atomic E-state index is 0.208. The summed E-state index contributed by atoms with van der Waals surface area (Å²) < 4.78 is 0. The van der Waals surface area contributed by atoms with Crippen molar-refractivity contribution in [3.8, 4) is 0 Å². The predicted octanol–water partition coefficient (Wildman–Crippen LogP) is 3.30. The standard InChI is InChI=1S/C16H15NO/c1-11-14(7-4-8-17-11)16(18)10-13-9-12-5-2-3-6-15(12)13/h2-8,13H,9-10H2,1H3. The number of fused-ring (bicyclic) bond motifs is 1. The molecule has 0 fully saturated rings. The van der Waals surface area contributed by atoms with Crippen molar-refractivity contribution in [3.05, 3.63) is 65.0 Å². The highest BCUT2D eigenvalue weighted by atomic mass is 16.1. The van der Waals surface area contributed by atoms with Crippen molar-refractivity contribution in [1.82, 2.24) is 4.98 Å². The molecule has 18 heavy (non-hydrogen) atoms. The summed E-state index contributed by atoms with van der Waals surface area (Å²) in [5, 5.41) is 0. The third-order valence-corrected chi connectivity index (χ3v) is 3.70. The Bertz CT molecular complexity index is 604. The van der Waals surface area contributed by atoms with Crippen LogP contribution in [-0.2, 0) is 6.42 Å². The first-order valence-corrected chi connectivity index (χ1v) is 6.28. The maximum Gasteiger partial charge on any atom is 0.165 e. The first-order valence-electron chi connectivity index (χ1n) is 6.28. The lowest BCUT2D eigenvalue weighted by Crippen LogP contribution is -2.20. The minimum Gasteiger partial charge on any atom is -0.294 e. The highest BCUT2D eigenvalue weighted by molar-refractivity contribution is 5.97. The molecule has 0 saturated heterocycles. The van der Waals surface area contributed by atoms with Gasteiger partial charge in [0.2, 0.25) is 0 Å². The van der Waals surface area contributed by atoms with E-state index in [4.69, 9.17) is 0 Å². The number of ketones is 1. The molecule has 2 aromatic rings. The van der Waals surface area contributed by atoms with Gasteiger partial charge in [0, 0.05) is 23.9 Å². The summed E-state index contributed by atoms with van der Waals surface area (Å²) >= 11 is 0. The molecule has 1 aliphatic rings. The summed E-state index contributed by atoms with van der Waals surface area (Å²) in [6.07, 6.45) is 3.36. The van der Waals surface area contributed by atoms with E-state index in [2.05, 4.69) is 23.2 Å². The highest BCUT2D eigenvalue weighted by Crippen LogP contribution is 2.37. The highest BCUT2D eigenvalue weighted by Gasteiger charge is 2.28. The Morgan fingerprint density at radius 3 is 2.89 bits per heavy atom. The van der Waals surface area contributed by atoms with E-state index < -0.39 is 0 Å². The number of carbonyl (C=O) groups is 1. The maximum absolute atomic E-state index is 12.2. The van der Waals surface area contributed by atoms with Crippen molar-refractivity contribution in [2.24, 2.45) is 0 Å². The maximum atomic E-state index is 12.2. The van der Waals surface area contributed by atoms with Crippen LogP contribution in [0.3, 0.4) is 0 Å². The van der Waals surface area contributed by atoms with Crippen molar-refractivity contribution in [2.75, 3.05) is 0 Å². The summed E-state index contributed by atoms with van der Waals surface area (Å²) in [6, 6.07) is 12.1. The molecule has 1 aromatic heterocycles. The molecule has 0 bridgehead atoms. The second-order valence-electron chi connectivity index (χ2n) is 4.86. The summed E-state index contributed by atoms with van der Waals surface area (Å²) in [5.41, 5.74) is 4.32. The number of hydrogen-bond acceptors (Lipinski definition) is 2. The Kier molecular flexibility index (Phi) is 2.71. The van der Waals surface area contributed by atoms with Crippen molar-refractivity contribution in [3.63, 3.8) is 0 Å². The molecule has 1 heterocycles. The van der Waals surface area contributed by atoms with Crippen LogP contribution in [0.5, 0.6) is 0 Å². The molecule has 0 saturated carbocycles. The molecule has 2 heteroatoms. The molecule has 0 radical (unpaired) electrons. The lowest BCUT2D eigenvalue weighted by molar-refractivity contribution is 0.0969. The molecule has 0 amide bonds. The fraction of sp³-hybridized carbons (Fsp3) is 0.250. The van der Waals surface area contributed by atoms with Crippen LogP contribution in [0.15, 0.2) is 42.6 Å². The molecule has 90 valence electrons. The van der Waals surface area contributed by atoms with E-state index in [0.29, 0.717) is 12.3 Å². The van der Waals surface area contributed by atoms with Crippen molar-refractivity contribution < 1.29 is 4.79 Å². The fourth-order valence-electron chi connectivity index (χ4n) is 2.66. The zero-order chi connectivity index (χ0) is 12.5. The second kappa shape index (κ2) is 4.37. The van der Waals surface area contributed by atoms with Gasteiger partial charge in [0.25, 0.3) is 0 Å². The first-order chi connectivity index (χ1) is 8.75. The summed E-state index contributed by atoms with van der Waals surface area (Å²) in [6.45, 7) is 1.89. The van der Waals surface area contributed by atoms with Gasteiger partial charge in [-0.05, 0) is 42.5 Å². The molecule has 1 atom stereocenters. The van der Waals surface area contributed by atoms with E-state index in [-0.39, 0.29) is 5.78 Å². The topological polar surface area (TPSA) is 30.0 Å². The monoisotopic (exact) mass is 237 g/mol. The van der Waals surface area contributed by atoms with Gasteiger partial charge in [-0.3, -0.25) is 9.78 Å². The van der Waals surface area contributed by atoms with Crippen LogP contribution in [0, 0.1) is 6.92 Å². The largest absolute Gasteiger partial charge is 0.294 e. The van der Waals surface area contributed by atoms with Gasteiger partial charge in [-0.15, -0.1) is 0 Å². The van der Waals surface area contributed by atoms with Gasteiger partial charge in [-0.2, -0.15) is 0 Å². The quantitative estimate of drug-likeness (QED) is 0.767. The van der Waals surface area contributed by atoms with Gasteiger partial charge in [-0.1, -0.05) is 24.3 Å². The molecule has 0 aliphatic heterocycles. The van der Waals surface area contributed by atoms with Crippen molar-refractivity contribution >= 4 is 5.78 Å². The van der Waals surface area contributed by atoms with Gasteiger partial charge >= 0.3 is 0 Å². The molecule has 2 nitrogen and oxygen atoms in total. The zero-order valence-electron chi connectivity index (χ0n) is 10.4. The number of rotatable bonds is 3. The van der Waals surface area contributed by atoms with E-state index in [9.17, 15) is 4.79 Å². The van der Waals surface area contributed by atoms with Gasteiger partial charge < -0.3 is 0 Å². The van der Waals surface area contributed by atoms with E-state index in [1.807, 2.05) is 25.1 Å². The van der Waals surface area contributed by atoms with Gasteiger partial charge in [0.1, 0.15) is 0 Å². The second-order valence-corrected chi connectivity index (χ2v) is 4.86. The number of benzene rings is 1. The molecular weight excluding hydrogens is 222 g/mol. The predicted molar refractivity (Wildman–Crippen MR) is 70.8 cm³/mol. The van der Waals surface area contributed by atoms with Crippen LogP contribution in [0.2, 0.25) is 0 Å². The molecule has 1 aromatic carbocycles. The number of hydrogen-bond donors (Lipinski definition) is 0. The Balaban J connectivity index is 1.76. The number of aryl methyl sites for hydroxylation is 1. The summed E-state index contributed by atoms with van der Waals surface area (Å²) in [7, 11) is 0. The van der Waals surface area contributed by atoms with Crippen molar-refractivity contribution in [1.29, 1.82) is 0 Å². The molecule has 1 unspecified atom stereocenters. The molecule has 0 N–H and O–H groups in total. The Morgan fingerprint density at radius 1 is 1.28 bits per heavy atom. The molecule has 3 rings (SSSR count). The normalized spacial score (nSPS) is 16.8. The van der Waals surface area contributed by atoms with Crippen LogP contribution in [-0.4, -0.2) is 10.8 Å². The smallest absolute Gasteiger partial charge is 0.165 e. The SMILES string of the molecule is Cc1ncccc1C(=O)CC1Cc2ccccc21. The average molecular weight is 237 g/mol. The van der Waals surface area contributed by atoms with Gasteiger partial charge in [0.15, 0.2) is 5.78 Å². The Hall–Kier alpha value is -1.96. The third kappa shape index (κ3) is 1.84. The number of aromatic nitrogens is 1. The Labute approximate surface area is 107 Å². The number of carbonyl (C=O) groups excluding carboxylic acids is 1.